The number of aromatic nitrogens is 1. The number of ketones is 1. The second kappa shape index (κ2) is 8.14. The highest BCUT2D eigenvalue weighted by Gasteiger charge is 2.38. The van der Waals surface area contributed by atoms with Crippen LogP contribution in [0.5, 0.6) is 5.75 Å². The molecule has 2 aromatic rings. The molecule has 30 heavy (non-hydrogen) atoms. The Morgan fingerprint density at radius 2 is 2.03 bits per heavy atom. The molecule has 6 nitrogen and oxygen atoms in total. The molecule has 2 heterocycles. The van der Waals surface area contributed by atoms with E-state index in [1.807, 2.05) is 50.2 Å². The molecule has 0 saturated carbocycles. The molecule has 154 valence electrons. The zero-order valence-electron chi connectivity index (χ0n) is 17.4. The zero-order chi connectivity index (χ0) is 21.3. The van der Waals surface area contributed by atoms with E-state index in [9.17, 15) is 9.59 Å². The van der Waals surface area contributed by atoms with Crippen LogP contribution >= 0.6 is 0 Å². The van der Waals surface area contributed by atoms with E-state index in [1.54, 1.807) is 13.3 Å². The summed E-state index contributed by atoms with van der Waals surface area (Å²) in [6, 6.07) is 11.3. The van der Waals surface area contributed by atoms with Gasteiger partial charge in [0.15, 0.2) is 5.78 Å². The Morgan fingerprint density at radius 1 is 1.20 bits per heavy atom. The number of anilines is 1. The molecule has 1 atom stereocenters. The fourth-order valence-electron chi connectivity index (χ4n) is 4.23. The molecule has 1 aromatic heterocycles. The van der Waals surface area contributed by atoms with Gasteiger partial charge in [0.05, 0.1) is 7.11 Å². The molecule has 0 spiro atoms. The monoisotopic (exact) mass is 403 g/mol. The molecule has 1 unspecified atom stereocenters. The zero-order valence-corrected chi connectivity index (χ0v) is 17.4. The maximum absolute atomic E-state index is 13.4. The van der Waals surface area contributed by atoms with E-state index in [2.05, 4.69) is 15.6 Å². The van der Waals surface area contributed by atoms with Crippen LogP contribution in [0.4, 0.5) is 5.82 Å². The highest BCUT2D eigenvalue weighted by molar-refractivity contribution is 6.09. The first-order valence-corrected chi connectivity index (χ1v) is 10.1. The molecule has 2 aliphatic rings. The first-order valence-electron chi connectivity index (χ1n) is 10.1. The van der Waals surface area contributed by atoms with E-state index < -0.39 is 5.92 Å². The van der Waals surface area contributed by atoms with Crippen molar-refractivity contribution in [2.75, 3.05) is 12.4 Å². The van der Waals surface area contributed by atoms with Gasteiger partial charge < -0.3 is 15.4 Å². The first-order chi connectivity index (χ1) is 14.5. The highest BCUT2D eigenvalue weighted by Crippen LogP contribution is 2.43. The Labute approximate surface area is 176 Å². The summed E-state index contributed by atoms with van der Waals surface area (Å²) in [4.78, 5) is 30.6. The van der Waals surface area contributed by atoms with Gasteiger partial charge in [0.25, 0.3) is 5.91 Å². The fraction of sp³-hybridized carbons (Fsp3) is 0.292. The smallest absolute Gasteiger partial charge is 0.255 e. The summed E-state index contributed by atoms with van der Waals surface area (Å²) < 4.78 is 5.40. The van der Waals surface area contributed by atoms with E-state index >= 15 is 0 Å². The first kappa shape index (κ1) is 19.9. The minimum absolute atomic E-state index is 0.0862. The van der Waals surface area contributed by atoms with Gasteiger partial charge in [-0.2, -0.15) is 0 Å². The highest BCUT2D eigenvalue weighted by atomic mass is 16.5. The van der Waals surface area contributed by atoms with Gasteiger partial charge in [-0.1, -0.05) is 12.1 Å². The van der Waals surface area contributed by atoms with Gasteiger partial charge in [0, 0.05) is 41.1 Å². The number of pyridine rings is 1. The molecule has 0 radical (unpaired) electrons. The third-order valence-corrected chi connectivity index (χ3v) is 5.60. The average molecular weight is 403 g/mol. The minimum atomic E-state index is -0.450. The molecule has 0 saturated heterocycles. The van der Waals surface area contributed by atoms with Crippen LogP contribution in [-0.2, 0) is 9.59 Å². The summed E-state index contributed by atoms with van der Waals surface area (Å²) in [6.45, 7) is 3.83. The number of amides is 1. The molecular weight excluding hydrogens is 378 g/mol. The van der Waals surface area contributed by atoms with Crippen LogP contribution in [0.3, 0.4) is 0 Å². The number of Topliss-reactive ketones (excluding diaryl/α,β-unsaturated/α-hetero) is 1. The number of nitrogens with one attached hydrogen (secondary N) is 2. The Balaban J connectivity index is 1.80. The Bertz CT molecular complexity index is 1080. The second-order valence-corrected chi connectivity index (χ2v) is 7.71. The van der Waals surface area contributed by atoms with Gasteiger partial charge in [-0.3, -0.25) is 9.59 Å². The van der Waals surface area contributed by atoms with Crippen LogP contribution in [0.1, 0.15) is 43.2 Å². The number of carbonyl (C=O) groups excluding carboxylic acids is 2. The van der Waals surface area contributed by atoms with E-state index in [1.165, 1.54) is 0 Å². The van der Waals surface area contributed by atoms with E-state index in [4.69, 9.17) is 4.74 Å². The average Bonchev–Trinajstić information content (AvgIpc) is 2.73. The van der Waals surface area contributed by atoms with Gasteiger partial charge in [-0.05, 0) is 62.1 Å². The number of hydrogen-bond acceptors (Lipinski definition) is 5. The molecule has 6 heteroatoms. The van der Waals surface area contributed by atoms with Crippen molar-refractivity contribution in [3.8, 4) is 5.75 Å². The predicted octanol–water partition coefficient (Wildman–Crippen LogP) is 4.01. The number of dihydropyridines is 1. The van der Waals surface area contributed by atoms with Gasteiger partial charge in [-0.15, -0.1) is 0 Å². The minimum Gasteiger partial charge on any atom is -0.497 e. The summed E-state index contributed by atoms with van der Waals surface area (Å²) >= 11 is 0. The number of aryl methyl sites for hydroxylation is 1. The van der Waals surface area contributed by atoms with Gasteiger partial charge in [-0.25, -0.2) is 4.98 Å². The number of benzene rings is 1. The summed E-state index contributed by atoms with van der Waals surface area (Å²) in [5, 5.41) is 6.24. The van der Waals surface area contributed by atoms with Crippen LogP contribution in [0.2, 0.25) is 0 Å². The normalized spacial score (nSPS) is 18.6. The number of rotatable bonds is 4. The third-order valence-electron chi connectivity index (χ3n) is 5.60. The van der Waals surface area contributed by atoms with E-state index in [0.717, 1.165) is 35.4 Å². The predicted molar refractivity (Wildman–Crippen MR) is 115 cm³/mol. The molecule has 2 N–H and O–H groups in total. The lowest BCUT2D eigenvalue weighted by Crippen LogP contribution is -2.35. The van der Waals surface area contributed by atoms with Crippen LogP contribution in [0.25, 0.3) is 0 Å². The quantitative estimate of drug-likeness (QED) is 0.806. The fourth-order valence-corrected chi connectivity index (χ4v) is 4.23. The van der Waals surface area contributed by atoms with Crippen LogP contribution in [0, 0.1) is 6.92 Å². The lowest BCUT2D eigenvalue weighted by atomic mass is 9.75. The van der Waals surface area contributed by atoms with Crippen molar-refractivity contribution >= 4 is 17.5 Å². The topological polar surface area (TPSA) is 80.3 Å². The number of allylic oxidation sites excluding steroid dienone is 3. The molecule has 0 bridgehead atoms. The number of ether oxygens (including phenoxy) is 1. The van der Waals surface area contributed by atoms with Crippen molar-refractivity contribution < 1.29 is 14.3 Å². The van der Waals surface area contributed by atoms with Crippen molar-refractivity contribution in [1.29, 1.82) is 0 Å². The Hall–Kier alpha value is -3.41. The molecule has 1 amide bonds. The largest absolute Gasteiger partial charge is 0.497 e. The van der Waals surface area contributed by atoms with E-state index in [0.29, 0.717) is 29.1 Å². The summed E-state index contributed by atoms with van der Waals surface area (Å²) in [6.07, 6.45) is 3.77. The van der Waals surface area contributed by atoms with Gasteiger partial charge in [0.2, 0.25) is 0 Å². The number of methoxy groups -OCH3 is 1. The van der Waals surface area contributed by atoms with Crippen molar-refractivity contribution in [3.05, 3.63) is 76.3 Å². The summed E-state index contributed by atoms with van der Waals surface area (Å²) in [7, 11) is 1.61. The van der Waals surface area contributed by atoms with Gasteiger partial charge >= 0.3 is 0 Å². The van der Waals surface area contributed by atoms with Crippen molar-refractivity contribution in [3.63, 3.8) is 0 Å². The van der Waals surface area contributed by atoms with Crippen molar-refractivity contribution in [2.45, 2.75) is 39.0 Å². The summed E-state index contributed by atoms with van der Waals surface area (Å²) in [5.74, 6) is 0.543. The number of nitrogens with zero attached hydrogens (tertiary/aromatic N) is 1. The van der Waals surface area contributed by atoms with Crippen LogP contribution < -0.4 is 15.4 Å². The number of hydrogen-bond donors (Lipinski definition) is 2. The molecule has 4 rings (SSSR count). The number of carbonyl (C=O) groups is 2. The van der Waals surface area contributed by atoms with Crippen LogP contribution in [-0.4, -0.2) is 23.8 Å². The lowest BCUT2D eigenvalue weighted by molar-refractivity contribution is -0.116. The Kier molecular flexibility index (Phi) is 5.40. The van der Waals surface area contributed by atoms with Crippen molar-refractivity contribution in [1.82, 2.24) is 10.3 Å². The van der Waals surface area contributed by atoms with Crippen molar-refractivity contribution in [2.24, 2.45) is 0 Å². The SMILES string of the molecule is COc1cccc(C2C(C(=O)Nc3cc(C)ccn3)=C(C)NC3=C2C(=O)CCC3)c1. The molecule has 1 aromatic carbocycles. The molecule has 0 fully saturated rings. The van der Waals surface area contributed by atoms with E-state index in [-0.39, 0.29) is 11.7 Å². The maximum atomic E-state index is 13.4. The summed E-state index contributed by atoms with van der Waals surface area (Å²) in [5.41, 5.74) is 4.75. The lowest BCUT2D eigenvalue weighted by Gasteiger charge is -2.34. The Morgan fingerprint density at radius 3 is 2.80 bits per heavy atom. The molecule has 1 aliphatic carbocycles. The second-order valence-electron chi connectivity index (χ2n) is 7.71. The maximum Gasteiger partial charge on any atom is 0.255 e. The molecule has 1 aliphatic heterocycles. The molecular formula is C24H25N3O3. The third kappa shape index (κ3) is 3.73. The standard InChI is InChI=1S/C24H25N3O3/c1-14-10-11-25-20(12-14)27-24(29)21-15(2)26-18-8-5-9-19(28)23(18)22(21)16-6-4-7-17(13-16)30-3/h4,6-7,10-13,22,26H,5,8-9H2,1-3H3,(H,25,27,29). The van der Waals surface area contributed by atoms with Crippen LogP contribution in [0.15, 0.2) is 65.1 Å². The van der Waals surface area contributed by atoms with Gasteiger partial charge in [0.1, 0.15) is 11.6 Å².